The van der Waals surface area contributed by atoms with Crippen LogP contribution < -0.4 is 14.4 Å². The first-order valence-corrected chi connectivity index (χ1v) is 13.1. The monoisotopic (exact) mass is 472 g/mol. The Morgan fingerprint density at radius 1 is 0.886 bits per heavy atom. The molecule has 4 nitrogen and oxygen atoms in total. The molecule has 3 aromatic rings. The summed E-state index contributed by atoms with van der Waals surface area (Å²) in [7, 11) is 1.72. The highest BCUT2D eigenvalue weighted by molar-refractivity contribution is 5.57. The summed E-state index contributed by atoms with van der Waals surface area (Å²) in [5.74, 6) is 1.65. The summed E-state index contributed by atoms with van der Waals surface area (Å²) in [4.78, 5) is 5.16. The molecular formula is C31H40N2O2. The summed E-state index contributed by atoms with van der Waals surface area (Å²) < 4.78 is 12.0. The lowest BCUT2D eigenvalue weighted by atomic mass is 10.0. The molecule has 0 bridgehead atoms. The predicted octanol–water partition coefficient (Wildman–Crippen LogP) is 6.59. The molecular weight excluding hydrogens is 432 g/mol. The van der Waals surface area contributed by atoms with Crippen LogP contribution in [-0.2, 0) is 13.0 Å². The Labute approximate surface area is 211 Å². The first-order valence-electron chi connectivity index (χ1n) is 13.1. The van der Waals surface area contributed by atoms with Gasteiger partial charge in [0.15, 0.2) is 11.5 Å². The second-order valence-corrected chi connectivity index (χ2v) is 9.65. The van der Waals surface area contributed by atoms with Crippen LogP contribution in [0.5, 0.6) is 11.5 Å². The highest BCUT2D eigenvalue weighted by Crippen LogP contribution is 2.34. The van der Waals surface area contributed by atoms with Gasteiger partial charge in [0.25, 0.3) is 0 Å². The van der Waals surface area contributed by atoms with Crippen molar-refractivity contribution in [2.45, 2.75) is 58.2 Å². The molecule has 4 heteroatoms. The quantitative estimate of drug-likeness (QED) is 0.314. The summed E-state index contributed by atoms with van der Waals surface area (Å²) in [6.45, 7) is 8.37. The van der Waals surface area contributed by atoms with Gasteiger partial charge in [-0.05, 0) is 43.0 Å². The number of hydrogen-bond donors (Lipinski definition) is 0. The molecule has 0 radical (unpaired) electrons. The summed E-state index contributed by atoms with van der Waals surface area (Å²) in [6.07, 6.45) is 4.63. The second kappa shape index (κ2) is 12.6. The summed E-state index contributed by atoms with van der Waals surface area (Å²) in [5, 5.41) is 0. The molecule has 1 fully saturated rings. The maximum Gasteiger partial charge on any atom is 0.163 e. The molecule has 1 aliphatic rings. The maximum atomic E-state index is 6.33. The van der Waals surface area contributed by atoms with Gasteiger partial charge in [-0.25, -0.2) is 0 Å². The van der Waals surface area contributed by atoms with E-state index in [-0.39, 0.29) is 6.10 Å². The third-order valence-electron chi connectivity index (χ3n) is 6.95. The van der Waals surface area contributed by atoms with Crippen LogP contribution in [0.15, 0.2) is 78.9 Å². The van der Waals surface area contributed by atoms with Crippen molar-refractivity contribution in [3.05, 3.63) is 90.0 Å². The Kier molecular flexibility index (Phi) is 9.08. The van der Waals surface area contributed by atoms with Gasteiger partial charge < -0.3 is 14.4 Å². The van der Waals surface area contributed by atoms with Crippen molar-refractivity contribution < 1.29 is 9.47 Å². The Hall–Kier alpha value is -2.98. The largest absolute Gasteiger partial charge is 0.493 e. The molecule has 1 heterocycles. The van der Waals surface area contributed by atoms with Crippen LogP contribution in [0.2, 0.25) is 0 Å². The zero-order valence-corrected chi connectivity index (χ0v) is 21.5. The fourth-order valence-electron chi connectivity index (χ4n) is 4.95. The highest BCUT2D eigenvalue weighted by Gasteiger charge is 2.28. The SMILES string of the molecule is CCCCC(C)Oc1cc(N2CCN(Cc3ccccc3)[C@@H](Cc3ccccc3)C2)ccc1OC. The zero-order chi connectivity index (χ0) is 24.5. The fourth-order valence-corrected chi connectivity index (χ4v) is 4.95. The van der Waals surface area contributed by atoms with E-state index in [2.05, 4.69) is 103 Å². The minimum Gasteiger partial charge on any atom is -0.493 e. The van der Waals surface area contributed by atoms with E-state index < -0.39 is 0 Å². The van der Waals surface area contributed by atoms with E-state index in [1.807, 2.05) is 0 Å². The molecule has 0 N–H and O–H groups in total. The van der Waals surface area contributed by atoms with Gasteiger partial charge in [-0.1, -0.05) is 80.4 Å². The first kappa shape index (κ1) is 25.1. The standard InChI is InChI=1S/C31H40N2O2/c1-4-5-12-25(2)35-31-22-28(17-18-30(31)34-3)33-20-19-32(23-27-15-10-7-11-16-27)29(24-33)21-26-13-8-6-9-14-26/h6-11,13-18,22,25,29H,4-5,12,19-21,23-24H2,1-3H3/t25?,29-/m0/s1. The van der Waals surface area contributed by atoms with Crippen LogP contribution in [0, 0.1) is 0 Å². The van der Waals surface area contributed by atoms with Gasteiger partial charge in [-0.3, -0.25) is 4.90 Å². The van der Waals surface area contributed by atoms with Crippen molar-refractivity contribution in [3.63, 3.8) is 0 Å². The van der Waals surface area contributed by atoms with E-state index in [0.29, 0.717) is 6.04 Å². The van der Waals surface area contributed by atoms with Crippen LogP contribution in [-0.4, -0.2) is 43.8 Å². The van der Waals surface area contributed by atoms with E-state index in [9.17, 15) is 0 Å². The lowest BCUT2D eigenvalue weighted by Gasteiger charge is -2.43. The third-order valence-corrected chi connectivity index (χ3v) is 6.95. The molecule has 35 heavy (non-hydrogen) atoms. The van der Waals surface area contributed by atoms with E-state index in [0.717, 1.165) is 50.5 Å². The fraction of sp³-hybridized carbons (Fsp3) is 0.419. The van der Waals surface area contributed by atoms with Crippen molar-refractivity contribution >= 4 is 5.69 Å². The summed E-state index contributed by atoms with van der Waals surface area (Å²) in [5.41, 5.74) is 3.97. The van der Waals surface area contributed by atoms with E-state index in [1.165, 1.54) is 29.7 Å². The summed E-state index contributed by atoms with van der Waals surface area (Å²) in [6, 6.07) is 28.5. The van der Waals surface area contributed by atoms with Crippen molar-refractivity contribution in [1.82, 2.24) is 4.90 Å². The van der Waals surface area contributed by atoms with Crippen molar-refractivity contribution in [2.24, 2.45) is 0 Å². The van der Waals surface area contributed by atoms with Gasteiger partial charge in [0.05, 0.1) is 13.2 Å². The Balaban J connectivity index is 1.52. The molecule has 0 aliphatic carbocycles. The van der Waals surface area contributed by atoms with Crippen LogP contribution in [0.1, 0.15) is 44.2 Å². The third kappa shape index (κ3) is 7.02. The number of unbranched alkanes of at least 4 members (excludes halogenated alkanes) is 1. The maximum absolute atomic E-state index is 6.33. The van der Waals surface area contributed by atoms with Crippen LogP contribution in [0.3, 0.4) is 0 Å². The van der Waals surface area contributed by atoms with Crippen LogP contribution in [0.25, 0.3) is 0 Å². The molecule has 2 atom stereocenters. The highest BCUT2D eigenvalue weighted by atomic mass is 16.5. The summed E-state index contributed by atoms with van der Waals surface area (Å²) >= 11 is 0. The Morgan fingerprint density at radius 2 is 1.60 bits per heavy atom. The number of anilines is 1. The van der Waals surface area contributed by atoms with Gasteiger partial charge in [-0.2, -0.15) is 0 Å². The zero-order valence-electron chi connectivity index (χ0n) is 21.5. The van der Waals surface area contributed by atoms with Gasteiger partial charge in [0.2, 0.25) is 0 Å². The van der Waals surface area contributed by atoms with Crippen molar-refractivity contribution in [1.29, 1.82) is 0 Å². The normalized spacial score (nSPS) is 17.2. The lowest BCUT2D eigenvalue weighted by molar-refractivity contribution is 0.167. The molecule has 0 spiro atoms. The molecule has 186 valence electrons. The lowest BCUT2D eigenvalue weighted by Crippen LogP contribution is -2.53. The average molecular weight is 473 g/mol. The number of rotatable bonds is 11. The van der Waals surface area contributed by atoms with E-state index in [1.54, 1.807) is 7.11 Å². The molecule has 4 rings (SSSR count). The molecule has 0 amide bonds. The van der Waals surface area contributed by atoms with Gasteiger partial charge >= 0.3 is 0 Å². The van der Waals surface area contributed by atoms with E-state index >= 15 is 0 Å². The molecule has 1 unspecified atom stereocenters. The predicted molar refractivity (Wildman–Crippen MR) is 146 cm³/mol. The van der Waals surface area contributed by atoms with E-state index in [4.69, 9.17) is 9.47 Å². The molecule has 3 aromatic carbocycles. The molecule has 0 saturated carbocycles. The van der Waals surface area contributed by atoms with Gasteiger partial charge in [-0.15, -0.1) is 0 Å². The van der Waals surface area contributed by atoms with Crippen molar-refractivity contribution in [2.75, 3.05) is 31.6 Å². The van der Waals surface area contributed by atoms with Gasteiger partial charge in [0, 0.05) is 44.0 Å². The minimum absolute atomic E-state index is 0.174. The topological polar surface area (TPSA) is 24.9 Å². The number of methoxy groups -OCH3 is 1. The van der Waals surface area contributed by atoms with Crippen LogP contribution in [0.4, 0.5) is 5.69 Å². The average Bonchev–Trinajstić information content (AvgIpc) is 2.89. The number of benzene rings is 3. The molecule has 1 saturated heterocycles. The Morgan fingerprint density at radius 3 is 2.29 bits per heavy atom. The van der Waals surface area contributed by atoms with Crippen molar-refractivity contribution in [3.8, 4) is 11.5 Å². The second-order valence-electron chi connectivity index (χ2n) is 9.65. The number of hydrogen-bond acceptors (Lipinski definition) is 4. The first-order chi connectivity index (χ1) is 17.2. The Bertz CT molecular complexity index is 1020. The number of piperazine rings is 1. The minimum atomic E-state index is 0.174. The van der Waals surface area contributed by atoms with Gasteiger partial charge in [0.1, 0.15) is 0 Å². The molecule has 1 aliphatic heterocycles. The molecule has 0 aromatic heterocycles. The van der Waals surface area contributed by atoms with Crippen LogP contribution >= 0.6 is 0 Å². The smallest absolute Gasteiger partial charge is 0.163 e. The number of nitrogens with zero attached hydrogens (tertiary/aromatic N) is 2. The number of ether oxygens (including phenoxy) is 2.